The van der Waals surface area contributed by atoms with Gasteiger partial charge in [0, 0.05) is 29.3 Å². The first-order chi connectivity index (χ1) is 10.1. The lowest BCUT2D eigenvalue weighted by atomic mass is 9.99. The van der Waals surface area contributed by atoms with E-state index in [1.165, 1.54) is 0 Å². The van der Waals surface area contributed by atoms with E-state index in [2.05, 4.69) is 4.98 Å². The third-order valence-electron chi connectivity index (χ3n) is 3.68. The van der Waals surface area contributed by atoms with Crippen molar-refractivity contribution in [3.8, 4) is 0 Å². The topological polar surface area (TPSA) is 56.0 Å². The fourth-order valence-corrected chi connectivity index (χ4v) is 2.43. The van der Waals surface area contributed by atoms with E-state index in [1.54, 1.807) is 18.3 Å². The molecule has 0 aliphatic carbocycles. The van der Waals surface area contributed by atoms with Gasteiger partial charge < -0.3 is 5.73 Å². The number of para-hydroxylation sites is 1. The van der Waals surface area contributed by atoms with Gasteiger partial charge >= 0.3 is 0 Å². The molecular weight excluding hydrogens is 260 g/mol. The molecule has 0 saturated carbocycles. The molecule has 104 valence electrons. The van der Waals surface area contributed by atoms with E-state index in [0.29, 0.717) is 17.7 Å². The van der Waals surface area contributed by atoms with Gasteiger partial charge in [0.25, 0.3) is 0 Å². The molecule has 1 heterocycles. The summed E-state index contributed by atoms with van der Waals surface area (Å²) in [5.74, 6) is 0.0921. The minimum absolute atomic E-state index is 0.0921. The van der Waals surface area contributed by atoms with Gasteiger partial charge in [-0.1, -0.05) is 18.2 Å². The number of rotatable bonds is 3. The highest BCUT2D eigenvalue weighted by Gasteiger charge is 2.10. The molecule has 1 aromatic heterocycles. The Bertz CT molecular complexity index is 819. The van der Waals surface area contributed by atoms with Crippen LogP contribution in [-0.2, 0) is 6.42 Å². The summed E-state index contributed by atoms with van der Waals surface area (Å²) in [5, 5.41) is 1.03. The quantitative estimate of drug-likeness (QED) is 0.588. The Morgan fingerprint density at radius 3 is 2.76 bits per heavy atom. The maximum atomic E-state index is 12.5. The van der Waals surface area contributed by atoms with Crippen LogP contribution < -0.4 is 5.73 Å². The summed E-state index contributed by atoms with van der Waals surface area (Å²) in [7, 11) is 0. The van der Waals surface area contributed by atoms with Crippen molar-refractivity contribution in [2.45, 2.75) is 13.3 Å². The highest BCUT2D eigenvalue weighted by molar-refractivity contribution is 6.00. The lowest BCUT2D eigenvalue weighted by molar-refractivity contribution is 0.0993. The molecule has 0 fully saturated rings. The van der Waals surface area contributed by atoms with Crippen molar-refractivity contribution in [1.82, 2.24) is 4.98 Å². The largest absolute Gasteiger partial charge is 0.399 e. The number of ketones is 1. The number of pyridine rings is 1. The lowest BCUT2D eigenvalue weighted by Crippen LogP contribution is -2.05. The minimum atomic E-state index is 0.0921. The van der Waals surface area contributed by atoms with Crippen LogP contribution in [0.2, 0.25) is 0 Å². The van der Waals surface area contributed by atoms with Crippen molar-refractivity contribution in [1.29, 1.82) is 0 Å². The first-order valence-electron chi connectivity index (χ1n) is 6.87. The highest BCUT2D eigenvalue weighted by Crippen LogP contribution is 2.19. The number of aromatic nitrogens is 1. The minimum Gasteiger partial charge on any atom is -0.399 e. The molecule has 0 spiro atoms. The van der Waals surface area contributed by atoms with Gasteiger partial charge in [0.2, 0.25) is 0 Å². The van der Waals surface area contributed by atoms with E-state index in [-0.39, 0.29) is 5.78 Å². The van der Waals surface area contributed by atoms with Crippen molar-refractivity contribution in [2.75, 3.05) is 5.73 Å². The number of anilines is 1. The summed E-state index contributed by atoms with van der Waals surface area (Å²) in [6, 6.07) is 15.2. The zero-order chi connectivity index (χ0) is 14.8. The molecule has 0 saturated heterocycles. The molecule has 0 aliphatic rings. The van der Waals surface area contributed by atoms with Crippen LogP contribution in [0, 0.1) is 6.92 Å². The van der Waals surface area contributed by atoms with Crippen LogP contribution in [0.4, 0.5) is 5.69 Å². The second-order valence-electron chi connectivity index (χ2n) is 5.16. The maximum Gasteiger partial charge on any atom is 0.167 e. The Morgan fingerprint density at radius 1 is 1.14 bits per heavy atom. The third-order valence-corrected chi connectivity index (χ3v) is 3.68. The number of Topliss-reactive ketones (excluding diaryl/α,β-unsaturated/α-hetero) is 1. The Balaban J connectivity index is 1.94. The van der Waals surface area contributed by atoms with Gasteiger partial charge in [0.1, 0.15) is 0 Å². The summed E-state index contributed by atoms with van der Waals surface area (Å²) in [4.78, 5) is 16.8. The number of fused-ring (bicyclic) bond motifs is 1. The van der Waals surface area contributed by atoms with Gasteiger partial charge in [0.15, 0.2) is 5.78 Å². The van der Waals surface area contributed by atoms with E-state index in [9.17, 15) is 4.79 Å². The van der Waals surface area contributed by atoms with Gasteiger partial charge in [-0.3, -0.25) is 9.78 Å². The molecule has 0 aliphatic heterocycles. The SMILES string of the molecule is Cc1cc(C(=O)Cc2ccnc3ccccc23)ccc1N. The van der Waals surface area contributed by atoms with Crippen LogP contribution in [0.25, 0.3) is 10.9 Å². The summed E-state index contributed by atoms with van der Waals surface area (Å²) in [6.45, 7) is 1.91. The van der Waals surface area contributed by atoms with Gasteiger partial charge in [-0.15, -0.1) is 0 Å². The van der Waals surface area contributed by atoms with E-state index < -0.39 is 0 Å². The summed E-state index contributed by atoms with van der Waals surface area (Å²) < 4.78 is 0. The average molecular weight is 276 g/mol. The number of aryl methyl sites for hydroxylation is 1. The predicted octanol–water partition coefficient (Wildman–Crippen LogP) is 3.55. The monoisotopic (exact) mass is 276 g/mol. The van der Waals surface area contributed by atoms with Crippen LogP contribution in [0.15, 0.2) is 54.7 Å². The number of nitrogens with two attached hydrogens (primary N) is 1. The second kappa shape index (κ2) is 5.37. The van der Waals surface area contributed by atoms with Crippen LogP contribution in [0.3, 0.4) is 0 Å². The lowest BCUT2D eigenvalue weighted by Gasteiger charge is -2.07. The fraction of sp³-hybridized carbons (Fsp3) is 0.111. The molecule has 0 bridgehead atoms. The van der Waals surface area contributed by atoms with E-state index in [4.69, 9.17) is 5.73 Å². The first kappa shape index (κ1) is 13.3. The van der Waals surface area contributed by atoms with Gasteiger partial charge in [-0.25, -0.2) is 0 Å². The van der Waals surface area contributed by atoms with E-state index in [0.717, 1.165) is 22.0 Å². The van der Waals surface area contributed by atoms with Crippen molar-refractivity contribution < 1.29 is 4.79 Å². The molecule has 0 amide bonds. The number of benzene rings is 2. The Kier molecular flexibility index (Phi) is 3.40. The molecule has 21 heavy (non-hydrogen) atoms. The molecular formula is C18H16N2O. The fourth-order valence-electron chi connectivity index (χ4n) is 2.43. The Morgan fingerprint density at radius 2 is 1.95 bits per heavy atom. The molecule has 0 radical (unpaired) electrons. The number of carbonyl (C=O) groups excluding carboxylic acids is 1. The number of carbonyl (C=O) groups is 1. The van der Waals surface area contributed by atoms with E-state index >= 15 is 0 Å². The number of hydrogen-bond acceptors (Lipinski definition) is 3. The normalized spacial score (nSPS) is 10.7. The summed E-state index contributed by atoms with van der Waals surface area (Å²) in [6.07, 6.45) is 2.12. The summed E-state index contributed by atoms with van der Waals surface area (Å²) in [5.41, 5.74) is 10.0. The molecule has 0 unspecified atom stereocenters. The zero-order valence-corrected chi connectivity index (χ0v) is 11.8. The highest BCUT2D eigenvalue weighted by atomic mass is 16.1. The molecule has 3 heteroatoms. The van der Waals surface area contributed by atoms with Crippen LogP contribution in [0.5, 0.6) is 0 Å². The van der Waals surface area contributed by atoms with Crippen molar-refractivity contribution >= 4 is 22.4 Å². The maximum absolute atomic E-state index is 12.5. The third kappa shape index (κ3) is 2.63. The van der Waals surface area contributed by atoms with E-state index in [1.807, 2.05) is 43.3 Å². The molecule has 2 aromatic carbocycles. The molecule has 3 aromatic rings. The number of nitrogens with zero attached hydrogens (tertiary/aromatic N) is 1. The smallest absolute Gasteiger partial charge is 0.167 e. The number of nitrogen functional groups attached to an aromatic ring is 1. The van der Waals surface area contributed by atoms with Crippen molar-refractivity contribution in [3.05, 3.63) is 71.4 Å². The average Bonchev–Trinajstić information content (AvgIpc) is 2.50. The van der Waals surface area contributed by atoms with Crippen molar-refractivity contribution in [2.24, 2.45) is 0 Å². The molecule has 0 atom stereocenters. The Hall–Kier alpha value is -2.68. The molecule has 3 nitrogen and oxygen atoms in total. The first-order valence-corrected chi connectivity index (χ1v) is 6.87. The van der Waals surface area contributed by atoms with Crippen LogP contribution in [0.1, 0.15) is 21.5 Å². The van der Waals surface area contributed by atoms with Crippen LogP contribution >= 0.6 is 0 Å². The van der Waals surface area contributed by atoms with Gasteiger partial charge in [0.05, 0.1) is 5.52 Å². The predicted molar refractivity (Wildman–Crippen MR) is 85.4 cm³/mol. The summed E-state index contributed by atoms with van der Waals surface area (Å²) >= 11 is 0. The van der Waals surface area contributed by atoms with Crippen LogP contribution in [-0.4, -0.2) is 10.8 Å². The van der Waals surface area contributed by atoms with Gasteiger partial charge in [-0.2, -0.15) is 0 Å². The number of hydrogen-bond donors (Lipinski definition) is 1. The standard InChI is InChI=1S/C18H16N2O/c1-12-10-14(6-7-16(12)19)18(21)11-13-8-9-20-17-5-3-2-4-15(13)17/h2-10H,11,19H2,1H3. The zero-order valence-electron chi connectivity index (χ0n) is 11.8. The Labute approximate surface area is 123 Å². The molecule has 3 rings (SSSR count). The molecule has 2 N–H and O–H groups in total. The van der Waals surface area contributed by atoms with Crippen molar-refractivity contribution in [3.63, 3.8) is 0 Å². The van der Waals surface area contributed by atoms with Gasteiger partial charge in [-0.05, 0) is 48.4 Å². The second-order valence-corrected chi connectivity index (χ2v) is 5.16.